The normalized spacial score (nSPS) is 11.1. The van der Waals surface area contributed by atoms with Gasteiger partial charge < -0.3 is 10.1 Å². The molecule has 0 aliphatic carbocycles. The van der Waals surface area contributed by atoms with Gasteiger partial charge in [-0.3, -0.25) is 9.48 Å². The molecule has 1 N–H and O–H groups in total. The highest BCUT2D eigenvalue weighted by Gasteiger charge is 2.19. The zero-order valence-corrected chi connectivity index (χ0v) is 13.9. The summed E-state index contributed by atoms with van der Waals surface area (Å²) in [6, 6.07) is 7.68. The number of halogens is 2. The monoisotopic (exact) mass is 346 g/mol. The van der Waals surface area contributed by atoms with E-state index in [1.165, 1.54) is 12.1 Å². The number of hydrogen-bond donors (Lipinski definition) is 1. The lowest BCUT2D eigenvalue weighted by molar-refractivity contribution is -0.0493. The molecule has 8 heteroatoms. The van der Waals surface area contributed by atoms with Crippen molar-refractivity contribution in [1.29, 1.82) is 0 Å². The molecule has 0 aliphatic rings. The van der Waals surface area contributed by atoms with Crippen LogP contribution in [0.2, 0.25) is 0 Å². The molecule has 25 heavy (non-hydrogen) atoms. The van der Waals surface area contributed by atoms with E-state index < -0.39 is 12.5 Å². The van der Waals surface area contributed by atoms with Gasteiger partial charge in [0.2, 0.25) is 0 Å². The number of rotatable bonds is 4. The van der Waals surface area contributed by atoms with Gasteiger partial charge in [0.05, 0.1) is 22.3 Å². The first-order valence-corrected chi connectivity index (χ1v) is 7.53. The van der Waals surface area contributed by atoms with Crippen molar-refractivity contribution in [3.8, 4) is 5.75 Å². The number of carbonyl (C=O) groups excluding carboxylic acids is 1. The molecular weight excluding hydrogens is 330 g/mol. The summed E-state index contributed by atoms with van der Waals surface area (Å²) in [7, 11) is 1.75. The predicted octanol–water partition coefficient (Wildman–Crippen LogP) is 3.44. The summed E-state index contributed by atoms with van der Waals surface area (Å²) < 4.78 is 31.1. The van der Waals surface area contributed by atoms with E-state index in [1.54, 1.807) is 43.8 Å². The highest BCUT2D eigenvalue weighted by atomic mass is 19.3. The molecule has 0 spiro atoms. The lowest BCUT2D eigenvalue weighted by Gasteiger charge is -2.12. The third kappa shape index (κ3) is 3.28. The molecule has 0 aliphatic heterocycles. The van der Waals surface area contributed by atoms with Gasteiger partial charge in [-0.05, 0) is 32.0 Å². The number of para-hydroxylation sites is 2. The van der Waals surface area contributed by atoms with Crippen LogP contribution in [0.1, 0.15) is 21.7 Å². The van der Waals surface area contributed by atoms with E-state index in [1.807, 2.05) is 0 Å². The summed E-state index contributed by atoms with van der Waals surface area (Å²) in [5.74, 6) is -0.548. The van der Waals surface area contributed by atoms with Crippen LogP contribution in [0.25, 0.3) is 11.0 Å². The minimum atomic E-state index is -2.98. The Morgan fingerprint density at radius 3 is 2.72 bits per heavy atom. The van der Waals surface area contributed by atoms with E-state index in [4.69, 9.17) is 0 Å². The molecule has 3 aromatic rings. The van der Waals surface area contributed by atoms with Crippen molar-refractivity contribution in [1.82, 2.24) is 14.8 Å². The molecule has 0 bridgehead atoms. The Morgan fingerprint density at radius 1 is 1.28 bits per heavy atom. The number of benzene rings is 1. The number of anilines is 1. The highest BCUT2D eigenvalue weighted by Crippen LogP contribution is 2.28. The minimum Gasteiger partial charge on any atom is -0.433 e. The van der Waals surface area contributed by atoms with Crippen molar-refractivity contribution in [2.24, 2.45) is 7.05 Å². The molecule has 3 rings (SSSR count). The van der Waals surface area contributed by atoms with Crippen LogP contribution in [0.15, 0.2) is 30.3 Å². The summed E-state index contributed by atoms with van der Waals surface area (Å²) in [5.41, 5.74) is 2.43. The van der Waals surface area contributed by atoms with Gasteiger partial charge in [0.25, 0.3) is 5.91 Å². The molecule has 2 heterocycles. The molecule has 0 fully saturated rings. The predicted molar refractivity (Wildman–Crippen MR) is 89.0 cm³/mol. The standard InChI is InChI=1S/C17H16F2N4O2/c1-9-8-11(14-10(2)22-23(3)15(14)20-9)16(24)21-12-6-4-5-7-13(12)25-17(18)19/h4-8,17H,1-3H3,(H,21,24). The van der Waals surface area contributed by atoms with Crippen molar-refractivity contribution in [2.75, 3.05) is 5.32 Å². The van der Waals surface area contributed by atoms with E-state index in [-0.39, 0.29) is 11.4 Å². The van der Waals surface area contributed by atoms with Crippen LogP contribution in [0.3, 0.4) is 0 Å². The maximum atomic E-state index is 12.8. The van der Waals surface area contributed by atoms with Crippen LogP contribution in [-0.2, 0) is 7.05 Å². The molecular formula is C17H16F2N4O2. The number of aryl methyl sites for hydroxylation is 3. The number of pyridine rings is 1. The number of nitrogens with zero attached hydrogens (tertiary/aromatic N) is 3. The van der Waals surface area contributed by atoms with E-state index in [0.29, 0.717) is 28.0 Å². The molecule has 0 saturated heterocycles. The minimum absolute atomic E-state index is 0.101. The Balaban J connectivity index is 2.02. The van der Waals surface area contributed by atoms with Gasteiger partial charge in [-0.2, -0.15) is 13.9 Å². The maximum absolute atomic E-state index is 12.8. The maximum Gasteiger partial charge on any atom is 0.387 e. The molecule has 0 unspecified atom stereocenters. The van der Waals surface area contributed by atoms with Crippen molar-refractivity contribution in [2.45, 2.75) is 20.5 Å². The number of alkyl halides is 2. The van der Waals surface area contributed by atoms with Gasteiger partial charge in [0, 0.05) is 12.7 Å². The van der Waals surface area contributed by atoms with Crippen molar-refractivity contribution in [3.63, 3.8) is 0 Å². The van der Waals surface area contributed by atoms with Crippen molar-refractivity contribution >= 4 is 22.6 Å². The SMILES string of the molecule is Cc1cc(C(=O)Nc2ccccc2OC(F)F)c2c(C)nn(C)c2n1. The Kier molecular flexibility index (Phi) is 4.35. The number of amides is 1. The molecule has 1 amide bonds. The van der Waals surface area contributed by atoms with Crippen LogP contribution in [0, 0.1) is 13.8 Å². The number of carbonyl (C=O) groups is 1. The first-order valence-electron chi connectivity index (χ1n) is 7.53. The van der Waals surface area contributed by atoms with Crippen molar-refractivity contribution in [3.05, 3.63) is 47.3 Å². The number of fused-ring (bicyclic) bond motifs is 1. The topological polar surface area (TPSA) is 69.0 Å². The third-order valence-electron chi connectivity index (χ3n) is 3.69. The summed E-state index contributed by atoms with van der Waals surface area (Å²) in [4.78, 5) is 17.2. The second kappa shape index (κ2) is 6.46. The number of hydrogen-bond acceptors (Lipinski definition) is 4. The number of aromatic nitrogens is 3. The van der Waals surface area contributed by atoms with Crippen LogP contribution in [0.5, 0.6) is 5.75 Å². The fourth-order valence-corrected chi connectivity index (χ4v) is 2.71. The fourth-order valence-electron chi connectivity index (χ4n) is 2.71. The van der Waals surface area contributed by atoms with Crippen molar-refractivity contribution < 1.29 is 18.3 Å². The Bertz CT molecular complexity index is 953. The molecule has 1 aromatic carbocycles. The second-order valence-electron chi connectivity index (χ2n) is 5.55. The molecule has 0 radical (unpaired) electrons. The molecule has 130 valence electrons. The molecule has 6 nitrogen and oxygen atoms in total. The number of ether oxygens (including phenoxy) is 1. The Labute approximate surface area is 142 Å². The third-order valence-corrected chi connectivity index (χ3v) is 3.69. The first-order chi connectivity index (χ1) is 11.9. The van der Waals surface area contributed by atoms with E-state index in [2.05, 4.69) is 20.1 Å². The van der Waals surface area contributed by atoms with Crippen LogP contribution >= 0.6 is 0 Å². The zero-order valence-electron chi connectivity index (χ0n) is 13.9. The van der Waals surface area contributed by atoms with Gasteiger partial charge in [0.1, 0.15) is 5.75 Å². The molecule has 2 aromatic heterocycles. The lowest BCUT2D eigenvalue weighted by Crippen LogP contribution is -2.15. The van der Waals surface area contributed by atoms with E-state index in [9.17, 15) is 13.6 Å². The average Bonchev–Trinajstić information content (AvgIpc) is 2.82. The summed E-state index contributed by atoms with van der Waals surface area (Å²) in [6.45, 7) is 0.574. The second-order valence-corrected chi connectivity index (χ2v) is 5.55. The van der Waals surface area contributed by atoms with Gasteiger partial charge in [-0.15, -0.1) is 0 Å². The Morgan fingerprint density at radius 2 is 2.00 bits per heavy atom. The van der Waals surface area contributed by atoms with Gasteiger partial charge in [-0.1, -0.05) is 12.1 Å². The van der Waals surface area contributed by atoms with Gasteiger partial charge in [0.15, 0.2) is 5.65 Å². The Hall–Kier alpha value is -3.03. The van der Waals surface area contributed by atoms with Crippen LogP contribution in [0.4, 0.5) is 14.5 Å². The fraction of sp³-hybridized carbons (Fsp3) is 0.235. The van der Waals surface area contributed by atoms with E-state index >= 15 is 0 Å². The lowest BCUT2D eigenvalue weighted by atomic mass is 10.1. The quantitative estimate of drug-likeness (QED) is 0.786. The van der Waals surface area contributed by atoms with Gasteiger partial charge >= 0.3 is 6.61 Å². The number of nitrogens with one attached hydrogen (secondary N) is 1. The first kappa shape index (κ1) is 16.8. The molecule has 0 atom stereocenters. The zero-order chi connectivity index (χ0) is 18.1. The summed E-state index contributed by atoms with van der Waals surface area (Å²) in [6.07, 6.45) is 0. The average molecular weight is 346 g/mol. The smallest absolute Gasteiger partial charge is 0.387 e. The van der Waals surface area contributed by atoms with Gasteiger partial charge in [-0.25, -0.2) is 4.98 Å². The summed E-state index contributed by atoms with van der Waals surface area (Å²) in [5, 5.41) is 7.54. The largest absolute Gasteiger partial charge is 0.433 e. The van der Waals surface area contributed by atoms with Crippen LogP contribution in [-0.4, -0.2) is 27.3 Å². The van der Waals surface area contributed by atoms with Crippen LogP contribution < -0.4 is 10.1 Å². The molecule has 0 saturated carbocycles. The highest BCUT2D eigenvalue weighted by molar-refractivity contribution is 6.13. The van der Waals surface area contributed by atoms with E-state index in [0.717, 1.165) is 0 Å². The summed E-state index contributed by atoms with van der Waals surface area (Å²) >= 11 is 0.